The molecule has 0 bridgehead atoms. The molecule has 4 heteroatoms. The van der Waals surface area contributed by atoms with E-state index in [2.05, 4.69) is 21.7 Å². The number of imidazole rings is 1. The molecule has 1 aliphatic carbocycles. The quantitative estimate of drug-likeness (QED) is 0.563. The van der Waals surface area contributed by atoms with Gasteiger partial charge in [-0.3, -0.25) is 4.99 Å². The molecule has 84 valence electrons. The number of aliphatic imine (C=N–C) groups is 1. The topological polar surface area (TPSA) is 39.4 Å². The first-order chi connectivity index (χ1) is 6.43. The van der Waals surface area contributed by atoms with Crippen LogP contribution in [-0.2, 0) is 17.4 Å². The fourth-order valence-electron chi connectivity index (χ4n) is 1.46. The Morgan fingerprint density at radius 1 is 1.27 bits per heavy atom. The van der Waals surface area contributed by atoms with E-state index in [0.29, 0.717) is 6.04 Å². The number of rotatable bonds is 1. The van der Waals surface area contributed by atoms with E-state index in [-0.39, 0.29) is 24.8 Å². The van der Waals surface area contributed by atoms with Crippen LogP contribution >= 0.6 is 0 Å². The van der Waals surface area contributed by atoms with Crippen LogP contribution in [0.5, 0.6) is 0 Å². The molecule has 0 spiro atoms. The van der Waals surface area contributed by atoms with Crippen LogP contribution in [0.25, 0.3) is 0 Å². The Morgan fingerprint density at radius 3 is 2.20 bits per heavy atom. The van der Waals surface area contributed by atoms with Gasteiger partial charge < -0.3 is 17.4 Å². The Balaban J connectivity index is 0. The van der Waals surface area contributed by atoms with Crippen molar-refractivity contribution in [3.05, 3.63) is 26.1 Å². The molecule has 0 aromatic carbocycles. The molecule has 2 rings (SSSR count). The molecule has 0 radical (unpaired) electrons. The molecule has 0 N–H and O–H groups in total. The largest absolute Gasteiger partial charge is 2.00 e. The van der Waals surface area contributed by atoms with Crippen molar-refractivity contribution in [2.45, 2.75) is 38.1 Å². The molecule has 3 nitrogen and oxygen atoms in total. The minimum Gasteiger partial charge on any atom is -0.450 e. The van der Waals surface area contributed by atoms with Gasteiger partial charge in [0.1, 0.15) is 0 Å². The molecule has 1 aliphatic rings. The normalized spacial score (nSPS) is 14.9. The van der Waals surface area contributed by atoms with Crippen molar-refractivity contribution in [3.63, 3.8) is 0 Å². The second-order valence-corrected chi connectivity index (χ2v) is 3.19. The minimum absolute atomic E-state index is 0. The molecule has 1 aromatic rings. The molecule has 0 aliphatic heterocycles. The maximum absolute atomic E-state index is 4.00. The van der Waals surface area contributed by atoms with Crippen molar-refractivity contribution < 1.29 is 17.4 Å². The van der Waals surface area contributed by atoms with E-state index >= 15 is 0 Å². The molecular formula is C11H19CrN3. The summed E-state index contributed by atoms with van der Waals surface area (Å²) in [5, 5.41) is 0. The molecule has 0 atom stereocenters. The number of hydrogen-bond donors (Lipinski definition) is 0. The van der Waals surface area contributed by atoms with Gasteiger partial charge in [-0.15, -0.1) is 0 Å². The zero-order chi connectivity index (χ0) is 9.36. The molecular weight excluding hydrogens is 226 g/mol. The average molecular weight is 245 g/mol. The van der Waals surface area contributed by atoms with E-state index in [1.165, 1.54) is 38.4 Å². The third kappa shape index (κ3) is 8.41. The van der Waals surface area contributed by atoms with Gasteiger partial charge in [0.25, 0.3) is 0 Å². The second kappa shape index (κ2) is 11.5. The summed E-state index contributed by atoms with van der Waals surface area (Å²) in [7, 11) is 0. The summed E-state index contributed by atoms with van der Waals surface area (Å²) in [6.45, 7) is 3.53. The van der Waals surface area contributed by atoms with Crippen molar-refractivity contribution in [1.29, 1.82) is 0 Å². The molecule has 0 unspecified atom stereocenters. The molecule has 1 saturated carbocycles. The Bertz CT molecular complexity index is 188. The van der Waals surface area contributed by atoms with Gasteiger partial charge in [-0.1, -0.05) is 38.0 Å². The van der Waals surface area contributed by atoms with Gasteiger partial charge in [0.2, 0.25) is 0 Å². The van der Waals surface area contributed by atoms with Crippen molar-refractivity contribution in [1.82, 2.24) is 9.97 Å². The standard InChI is InChI=1S/C7H13N.C3H3N2.CH3.Cr/c1-8-7-5-3-2-4-6-7;1-2-5-3-4-1;;/h7H,1-6H2;1-3H;1H3;/q;2*-1;+2. The summed E-state index contributed by atoms with van der Waals surface area (Å²) >= 11 is 0. The zero-order valence-electron chi connectivity index (χ0n) is 9.30. The Kier molecular flexibility index (Phi) is 12.9. The number of hydrogen-bond acceptors (Lipinski definition) is 2. The van der Waals surface area contributed by atoms with Gasteiger partial charge >= 0.3 is 17.4 Å². The summed E-state index contributed by atoms with van der Waals surface area (Å²) < 4.78 is 0. The van der Waals surface area contributed by atoms with Crippen LogP contribution in [0.3, 0.4) is 0 Å². The summed E-state index contributed by atoms with van der Waals surface area (Å²) in [5.74, 6) is 0. The van der Waals surface area contributed by atoms with Gasteiger partial charge in [0.05, 0.1) is 0 Å². The Morgan fingerprint density at radius 2 is 1.93 bits per heavy atom. The third-order valence-electron chi connectivity index (χ3n) is 2.21. The predicted molar refractivity (Wildman–Crippen MR) is 60.4 cm³/mol. The molecule has 15 heavy (non-hydrogen) atoms. The van der Waals surface area contributed by atoms with E-state index in [1.54, 1.807) is 12.4 Å². The first-order valence-electron chi connectivity index (χ1n) is 4.76. The first-order valence-corrected chi connectivity index (χ1v) is 4.76. The fraction of sp³-hybridized carbons (Fsp3) is 0.545. The Labute approximate surface area is 104 Å². The smallest absolute Gasteiger partial charge is 0.450 e. The van der Waals surface area contributed by atoms with Crippen molar-refractivity contribution in [2.75, 3.05) is 0 Å². The number of aromatic nitrogens is 2. The fourth-order valence-corrected chi connectivity index (χ4v) is 1.46. The van der Waals surface area contributed by atoms with Gasteiger partial charge in [-0.2, -0.15) is 0 Å². The minimum atomic E-state index is 0. The van der Waals surface area contributed by atoms with Gasteiger partial charge in [0.15, 0.2) is 0 Å². The van der Waals surface area contributed by atoms with Crippen LogP contribution in [0, 0.1) is 7.43 Å². The molecule has 1 heterocycles. The Hall–Kier alpha value is -0.588. The molecule has 0 amide bonds. The number of nitrogens with zero attached hydrogens (tertiary/aromatic N) is 3. The van der Waals surface area contributed by atoms with Crippen molar-refractivity contribution in [3.8, 4) is 0 Å². The molecule has 0 saturated heterocycles. The van der Waals surface area contributed by atoms with Gasteiger partial charge in [0, 0.05) is 6.04 Å². The molecule has 1 fully saturated rings. The maximum atomic E-state index is 4.00. The summed E-state index contributed by atoms with van der Waals surface area (Å²) in [6, 6.07) is 0.601. The van der Waals surface area contributed by atoms with E-state index < -0.39 is 0 Å². The summed E-state index contributed by atoms with van der Waals surface area (Å²) in [4.78, 5) is 11.2. The van der Waals surface area contributed by atoms with Crippen LogP contribution in [0.1, 0.15) is 32.1 Å². The van der Waals surface area contributed by atoms with E-state index in [9.17, 15) is 0 Å². The van der Waals surface area contributed by atoms with Crippen LogP contribution in [0.2, 0.25) is 0 Å². The summed E-state index contributed by atoms with van der Waals surface area (Å²) in [6.07, 6.45) is 11.5. The first kappa shape index (κ1) is 16.8. The van der Waals surface area contributed by atoms with Crippen molar-refractivity contribution >= 4 is 6.72 Å². The van der Waals surface area contributed by atoms with Crippen LogP contribution in [0.15, 0.2) is 23.7 Å². The predicted octanol–water partition coefficient (Wildman–Crippen LogP) is 2.51. The second-order valence-electron chi connectivity index (χ2n) is 3.19. The van der Waals surface area contributed by atoms with Gasteiger partial charge in [-0.25, -0.2) is 0 Å². The summed E-state index contributed by atoms with van der Waals surface area (Å²) in [5.41, 5.74) is 0. The van der Waals surface area contributed by atoms with Crippen LogP contribution in [0.4, 0.5) is 0 Å². The van der Waals surface area contributed by atoms with Crippen molar-refractivity contribution in [2.24, 2.45) is 4.99 Å². The SMILES string of the molecule is C=NC1CCCCC1.[CH3-].[Cr+2].c1c[n-]cn1. The van der Waals surface area contributed by atoms with E-state index in [1.807, 2.05) is 0 Å². The average Bonchev–Trinajstić information content (AvgIpc) is 2.77. The van der Waals surface area contributed by atoms with Gasteiger partial charge in [-0.05, 0) is 19.6 Å². The third-order valence-corrected chi connectivity index (χ3v) is 2.21. The van der Waals surface area contributed by atoms with E-state index in [0.717, 1.165) is 0 Å². The van der Waals surface area contributed by atoms with Crippen LogP contribution in [-0.4, -0.2) is 17.7 Å². The monoisotopic (exact) mass is 245 g/mol. The molecule has 1 aromatic heterocycles. The van der Waals surface area contributed by atoms with E-state index in [4.69, 9.17) is 0 Å². The zero-order valence-corrected chi connectivity index (χ0v) is 10.6. The maximum Gasteiger partial charge on any atom is 2.00 e. The van der Waals surface area contributed by atoms with Crippen LogP contribution < -0.4 is 4.98 Å².